The van der Waals surface area contributed by atoms with Gasteiger partial charge in [0.05, 0.1) is 17.3 Å². The molecule has 0 unspecified atom stereocenters. The van der Waals surface area contributed by atoms with Crippen molar-refractivity contribution in [2.24, 2.45) is 7.05 Å². The number of hydrogen-bond donors (Lipinski definition) is 1. The molecule has 18 heavy (non-hydrogen) atoms. The summed E-state index contributed by atoms with van der Waals surface area (Å²) < 4.78 is 15.1. The Labute approximate surface area is 102 Å². The van der Waals surface area contributed by atoms with Crippen LogP contribution in [0.15, 0.2) is 36.7 Å². The Balaban J connectivity index is 2.31. The molecule has 5 heteroatoms. The monoisotopic (exact) mass is 243 g/mol. The molecule has 0 spiro atoms. The van der Waals surface area contributed by atoms with Gasteiger partial charge in [-0.25, -0.2) is 9.37 Å². The fourth-order valence-electron chi connectivity index (χ4n) is 1.98. The number of fused-ring (bicyclic) bond motifs is 1. The number of rotatable bonds is 1. The van der Waals surface area contributed by atoms with Gasteiger partial charge in [-0.15, -0.1) is 0 Å². The molecule has 4 nitrogen and oxygen atoms in total. The number of phenols is 1. The zero-order valence-corrected chi connectivity index (χ0v) is 9.63. The molecule has 0 aliphatic heterocycles. The third-order valence-electron chi connectivity index (χ3n) is 2.88. The van der Waals surface area contributed by atoms with Gasteiger partial charge >= 0.3 is 0 Å². The third-order valence-corrected chi connectivity index (χ3v) is 2.88. The molecule has 2 heterocycles. The standard InChI is InChI=1S/C13H10FN3O/c1-17-11-4-5-15-7-10(11)16-13(17)9-6-8(14)2-3-12(9)18/h2-7,18H,1H3. The second-order valence-corrected chi connectivity index (χ2v) is 4.02. The van der Waals surface area contributed by atoms with E-state index < -0.39 is 5.82 Å². The number of hydrogen-bond acceptors (Lipinski definition) is 3. The van der Waals surface area contributed by atoms with Gasteiger partial charge in [-0.2, -0.15) is 0 Å². The largest absolute Gasteiger partial charge is 0.507 e. The first kappa shape index (κ1) is 10.7. The highest BCUT2D eigenvalue weighted by Crippen LogP contribution is 2.30. The lowest BCUT2D eigenvalue weighted by Gasteiger charge is -2.04. The van der Waals surface area contributed by atoms with Crippen LogP contribution in [0.3, 0.4) is 0 Å². The molecule has 3 rings (SSSR count). The Bertz CT molecular complexity index is 736. The number of nitrogens with zero attached hydrogens (tertiary/aromatic N) is 3. The van der Waals surface area contributed by atoms with Crippen molar-refractivity contribution in [3.63, 3.8) is 0 Å². The minimum Gasteiger partial charge on any atom is -0.507 e. The summed E-state index contributed by atoms with van der Waals surface area (Å²) >= 11 is 0. The second-order valence-electron chi connectivity index (χ2n) is 4.02. The van der Waals surface area contributed by atoms with E-state index in [1.54, 1.807) is 17.0 Å². The summed E-state index contributed by atoms with van der Waals surface area (Å²) in [5.74, 6) is 0.103. The lowest BCUT2D eigenvalue weighted by Crippen LogP contribution is -1.93. The molecule has 0 fully saturated rings. The predicted octanol–water partition coefficient (Wildman–Crippen LogP) is 2.48. The third kappa shape index (κ3) is 1.52. The minimum absolute atomic E-state index is 0.00256. The molecule has 0 aliphatic carbocycles. The van der Waals surface area contributed by atoms with Crippen LogP contribution in [-0.2, 0) is 7.05 Å². The Morgan fingerprint density at radius 1 is 1.28 bits per heavy atom. The summed E-state index contributed by atoms with van der Waals surface area (Å²) in [5, 5.41) is 9.80. The summed E-state index contributed by atoms with van der Waals surface area (Å²) in [5.41, 5.74) is 1.95. The average molecular weight is 243 g/mol. The van der Waals surface area contributed by atoms with Crippen LogP contribution in [0.25, 0.3) is 22.4 Å². The smallest absolute Gasteiger partial charge is 0.144 e. The van der Waals surface area contributed by atoms with Crippen molar-refractivity contribution in [2.75, 3.05) is 0 Å². The summed E-state index contributed by atoms with van der Waals surface area (Å²) in [6.07, 6.45) is 3.30. The van der Waals surface area contributed by atoms with Gasteiger partial charge in [0.25, 0.3) is 0 Å². The van der Waals surface area contributed by atoms with E-state index in [1.807, 2.05) is 13.1 Å². The minimum atomic E-state index is -0.409. The molecule has 0 saturated carbocycles. The normalized spacial score (nSPS) is 11.0. The van der Waals surface area contributed by atoms with Crippen LogP contribution in [0.5, 0.6) is 5.75 Å². The van der Waals surface area contributed by atoms with E-state index in [-0.39, 0.29) is 5.75 Å². The summed E-state index contributed by atoms with van der Waals surface area (Å²) in [6, 6.07) is 5.62. The van der Waals surface area contributed by atoms with Gasteiger partial charge in [-0.1, -0.05) is 0 Å². The lowest BCUT2D eigenvalue weighted by molar-refractivity contribution is 0.474. The number of benzene rings is 1. The summed E-state index contributed by atoms with van der Waals surface area (Å²) in [6.45, 7) is 0. The predicted molar refractivity (Wildman–Crippen MR) is 65.6 cm³/mol. The van der Waals surface area contributed by atoms with E-state index in [2.05, 4.69) is 9.97 Å². The van der Waals surface area contributed by atoms with E-state index in [4.69, 9.17) is 0 Å². The number of pyridine rings is 1. The fourth-order valence-corrected chi connectivity index (χ4v) is 1.98. The van der Waals surface area contributed by atoms with Gasteiger partial charge in [0.1, 0.15) is 22.9 Å². The maximum absolute atomic E-state index is 13.3. The van der Waals surface area contributed by atoms with E-state index >= 15 is 0 Å². The number of aromatic nitrogens is 3. The Morgan fingerprint density at radius 2 is 2.11 bits per heavy atom. The molecule has 0 aliphatic rings. The fraction of sp³-hybridized carbons (Fsp3) is 0.0769. The van der Waals surface area contributed by atoms with Crippen LogP contribution < -0.4 is 0 Å². The van der Waals surface area contributed by atoms with Crippen molar-refractivity contribution in [1.29, 1.82) is 0 Å². The van der Waals surface area contributed by atoms with E-state index in [1.165, 1.54) is 18.2 Å². The number of phenolic OH excluding ortho intramolecular Hbond substituents is 1. The van der Waals surface area contributed by atoms with Crippen LogP contribution in [0, 0.1) is 5.82 Å². The van der Waals surface area contributed by atoms with Crippen molar-refractivity contribution in [1.82, 2.24) is 14.5 Å². The number of aryl methyl sites for hydroxylation is 1. The highest BCUT2D eigenvalue weighted by molar-refractivity contribution is 5.80. The Hall–Kier alpha value is -2.43. The van der Waals surface area contributed by atoms with Gasteiger partial charge < -0.3 is 9.67 Å². The molecule has 2 aromatic heterocycles. The second kappa shape index (κ2) is 3.80. The zero-order valence-electron chi connectivity index (χ0n) is 9.63. The molecular formula is C13H10FN3O. The highest BCUT2D eigenvalue weighted by Gasteiger charge is 2.13. The summed E-state index contributed by atoms with van der Waals surface area (Å²) in [7, 11) is 1.81. The van der Waals surface area contributed by atoms with Crippen LogP contribution in [0.1, 0.15) is 0 Å². The van der Waals surface area contributed by atoms with E-state index in [0.717, 1.165) is 5.52 Å². The molecule has 0 amide bonds. The highest BCUT2D eigenvalue weighted by atomic mass is 19.1. The Kier molecular flexibility index (Phi) is 2.26. The molecule has 0 atom stereocenters. The molecule has 3 aromatic rings. The number of aromatic hydroxyl groups is 1. The Morgan fingerprint density at radius 3 is 2.89 bits per heavy atom. The van der Waals surface area contributed by atoms with Crippen molar-refractivity contribution in [2.45, 2.75) is 0 Å². The van der Waals surface area contributed by atoms with Crippen LogP contribution in [0.2, 0.25) is 0 Å². The van der Waals surface area contributed by atoms with Crippen molar-refractivity contribution in [3.8, 4) is 17.1 Å². The van der Waals surface area contributed by atoms with Gasteiger partial charge in [-0.3, -0.25) is 4.98 Å². The molecular weight excluding hydrogens is 233 g/mol. The van der Waals surface area contributed by atoms with Crippen LogP contribution >= 0.6 is 0 Å². The maximum atomic E-state index is 13.3. The van der Waals surface area contributed by atoms with Crippen LogP contribution in [-0.4, -0.2) is 19.6 Å². The molecule has 0 bridgehead atoms. The first-order valence-electron chi connectivity index (χ1n) is 5.42. The molecule has 0 saturated heterocycles. The molecule has 1 N–H and O–H groups in total. The number of imidazole rings is 1. The first-order chi connectivity index (χ1) is 8.66. The van der Waals surface area contributed by atoms with Crippen molar-refractivity contribution < 1.29 is 9.50 Å². The van der Waals surface area contributed by atoms with Crippen molar-refractivity contribution in [3.05, 3.63) is 42.5 Å². The number of halogens is 1. The van der Waals surface area contributed by atoms with Gasteiger partial charge in [-0.05, 0) is 24.3 Å². The average Bonchev–Trinajstić information content (AvgIpc) is 2.71. The SMILES string of the molecule is Cn1c(-c2cc(F)ccc2O)nc2cnccc21. The van der Waals surface area contributed by atoms with Gasteiger partial charge in [0, 0.05) is 13.2 Å². The maximum Gasteiger partial charge on any atom is 0.144 e. The quantitative estimate of drug-likeness (QED) is 0.714. The molecule has 90 valence electrons. The zero-order chi connectivity index (χ0) is 12.7. The van der Waals surface area contributed by atoms with Gasteiger partial charge in [0.15, 0.2) is 0 Å². The van der Waals surface area contributed by atoms with E-state index in [9.17, 15) is 9.50 Å². The van der Waals surface area contributed by atoms with Gasteiger partial charge in [0.2, 0.25) is 0 Å². The molecule has 0 radical (unpaired) electrons. The topological polar surface area (TPSA) is 50.9 Å². The van der Waals surface area contributed by atoms with E-state index in [0.29, 0.717) is 16.9 Å². The first-order valence-corrected chi connectivity index (χ1v) is 5.42. The lowest BCUT2D eigenvalue weighted by atomic mass is 10.2. The van der Waals surface area contributed by atoms with Crippen LogP contribution in [0.4, 0.5) is 4.39 Å². The summed E-state index contributed by atoms with van der Waals surface area (Å²) in [4.78, 5) is 8.35. The van der Waals surface area contributed by atoms with Crippen molar-refractivity contribution >= 4 is 11.0 Å². The molecule has 1 aromatic carbocycles.